The molecule has 1 aromatic heterocycles. The van der Waals surface area contributed by atoms with Gasteiger partial charge in [0.25, 0.3) is 0 Å². The van der Waals surface area contributed by atoms with Gasteiger partial charge in [-0.05, 0) is 37.7 Å². The zero-order chi connectivity index (χ0) is 24.2. The van der Waals surface area contributed by atoms with Crippen LogP contribution in [0, 0.1) is 0 Å². The van der Waals surface area contributed by atoms with Gasteiger partial charge in [0.1, 0.15) is 6.04 Å². The quantitative estimate of drug-likeness (QED) is 0.371. The molecule has 8 nitrogen and oxygen atoms in total. The van der Waals surface area contributed by atoms with Crippen LogP contribution in [0.15, 0.2) is 28.8 Å². The lowest BCUT2D eigenvalue weighted by molar-refractivity contribution is -0.127. The molecular weight excluding hydrogens is 432 g/mol. The van der Waals surface area contributed by atoms with Gasteiger partial charge in [0.15, 0.2) is 0 Å². The zero-order valence-corrected chi connectivity index (χ0v) is 20.3. The van der Waals surface area contributed by atoms with E-state index in [1.165, 1.54) is 61.8 Å². The Balaban J connectivity index is 1.41. The molecule has 1 unspecified atom stereocenters. The first-order valence-electron chi connectivity index (χ1n) is 12.8. The van der Waals surface area contributed by atoms with Crippen LogP contribution in [0.2, 0.25) is 0 Å². The van der Waals surface area contributed by atoms with E-state index in [1.54, 1.807) is 0 Å². The van der Waals surface area contributed by atoms with Crippen molar-refractivity contribution in [3.05, 3.63) is 35.7 Å². The van der Waals surface area contributed by atoms with Crippen LogP contribution in [0.25, 0.3) is 11.4 Å². The minimum Gasteiger partial charge on any atom is -0.465 e. The first-order valence-corrected chi connectivity index (χ1v) is 12.8. The molecule has 0 spiro atoms. The van der Waals surface area contributed by atoms with E-state index >= 15 is 0 Å². The molecule has 34 heavy (non-hydrogen) atoms. The van der Waals surface area contributed by atoms with Crippen molar-refractivity contribution < 1.29 is 19.2 Å². The zero-order valence-electron chi connectivity index (χ0n) is 20.3. The number of hydrogen-bond donors (Lipinski definition) is 2. The summed E-state index contributed by atoms with van der Waals surface area (Å²) in [7, 11) is 0. The highest BCUT2D eigenvalue weighted by Crippen LogP contribution is 2.19. The standard InChI is InChI=1S/C26H38N4O4/c1-2-3-4-5-6-7-8-9-12-20-14-16-21(17-15-20)24-28-23(34-29-24)19-27-25(31)22-13-10-11-18-30(22)26(32)33/h14-17,22H,2-13,18-19H2,1H3,(H,27,31)(H,32,33). The summed E-state index contributed by atoms with van der Waals surface area (Å²) in [5.41, 5.74) is 2.17. The summed E-state index contributed by atoms with van der Waals surface area (Å²) < 4.78 is 5.28. The van der Waals surface area contributed by atoms with E-state index in [9.17, 15) is 14.7 Å². The molecule has 1 aromatic carbocycles. The Kier molecular flexibility index (Phi) is 10.4. The maximum absolute atomic E-state index is 12.5. The summed E-state index contributed by atoms with van der Waals surface area (Å²) >= 11 is 0. The molecule has 1 aliphatic rings. The summed E-state index contributed by atoms with van der Waals surface area (Å²) in [4.78, 5) is 29.4. The second-order valence-corrected chi connectivity index (χ2v) is 9.14. The minimum atomic E-state index is -1.06. The molecule has 186 valence electrons. The number of likely N-dealkylation sites (tertiary alicyclic amines) is 1. The number of unbranched alkanes of at least 4 members (excludes halogenated alkanes) is 7. The molecule has 1 aliphatic heterocycles. The van der Waals surface area contributed by atoms with Gasteiger partial charge >= 0.3 is 6.09 Å². The highest BCUT2D eigenvalue weighted by Gasteiger charge is 2.32. The van der Waals surface area contributed by atoms with E-state index in [-0.39, 0.29) is 12.5 Å². The van der Waals surface area contributed by atoms with E-state index in [0.29, 0.717) is 24.7 Å². The van der Waals surface area contributed by atoms with Gasteiger partial charge < -0.3 is 14.9 Å². The molecule has 0 saturated carbocycles. The van der Waals surface area contributed by atoms with Crippen LogP contribution in [0.4, 0.5) is 4.79 Å². The van der Waals surface area contributed by atoms with Gasteiger partial charge in [-0.25, -0.2) is 4.79 Å². The molecular formula is C26H38N4O4. The fraction of sp³-hybridized carbons (Fsp3) is 0.615. The third kappa shape index (κ3) is 7.85. The van der Waals surface area contributed by atoms with Crippen LogP contribution in [0.3, 0.4) is 0 Å². The summed E-state index contributed by atoms with van der Waals surface area (Å²) in [6.07, 6.45) is 12.7. The Hall–Kier alpha value is -2.90. The van der Waals surface area contributed by atoms with E-state index in [0.717, 1.165) is 24.8 Å². The molecule has 8 heteroatoms. The maximum Gasteiger partial charge on any atom is 0.407 e. The molecule has 1 fully saturated rings. The van der Waals surface area contributed by atoms with Crippen molar-refractivity contribution in [3.8, 4) is 11.4 Å². The SMILES string of the molecule is CCCCCCCCCCc1ccc(-c2noc(CNC(=O)C3CCCCN3C(=O)O)n2)cc1. The number of aromatic nitrogens is 2. The number of carbonyl (C=O) groups excluding carboxylic acids is 1. The van der Waals surface area contributed by atoms with E-state index in [1.807, 2.05) is 12.1 Å². The number of rotatable bonds is 13. The average Bonchev–Trinajstić information content (AvgIpc) is 3.33. The molecule has 1 atom stereocenters. The lowest BCUT2D eigenvalue weighted by atomic mass is 10.0. The second-order valence-electron chi connectivity index (χ2n) is 9.14. The Morgan fingerprint density at radius 2 is 1.76 bits per heavy atom. The number of carbonyl (C=O) groups is 2. The van der Waals surface area contributed by atoms with Gasteiger partial charge in [-0.1, -0.05) is 81.3 Å². The molecule has 2 N–H and O–H groups in total. The average molecular weight is 471 g/mol. The Morgan fingerprint density at radius 3 is 2.47 bits per heavy atom. The van der Waals surface area contributed by atoms with E-state index < -0.39 is 12.1 Å². The molecule has 0 radical (unpaired) electrons. The normalized spacial score (nSPS) is 15.9. The lowest BCUT2D eigenvalue weighted by Crippen LogP contribution is -2.51. The number of piperidine rings is 1. The molecule has 0 bridgehead atoms. The van der Waals surface area contributed by atoms with Gasteiger partial charge in [0.05, 0.1) is 6.54 Å². The number of aryl methyl sites for hydroxylation is 1. The van der Waals surface area contributed by atoms with E-state index in [2.05, 4.69) is 34.5 Å². The topological polar surface area (TPSA) is 109 Å². The largest absolute Gasteiger partial charge is 0.465 e. The predicted molar refractivity (Wildman–Crippen MR) is 130 cm³/mol. The maximum atomic E-state index is 12.5. The summed E-state index contributed by atoms with van der Waals surface area (Å²) in [6.45, 7) is 2.71. The molecule has 2 aromatic rings. The Labute approximate surface area is 202 Å². The third-order valence-electron chi connectivity index (χ3n) is 6.46. The van der Waals surface area contributed by atoms with Gasteiger partial charge in [-0.2, -0.15) is 4.98 Å². The van der Waals surface area contributed by atoms with Gasteiger partial charge in [-0.3, -0.25) is 9.69 Å². The Morgan fingerprint density at radius 1 is 1.06 bits per heavy atom. The molecule has 2 amide bonds. The second kappa shape index (κ2) is 13.7. The number of benzene rings is 1. The Bertz CT molecular complexity index is 896. The monoisotopic (exact) mass is 470 g/mol. The van der Waals surface area contributed by atoms with E-state index in [4.69, 9.17) is 4.52 Å². The van der Waals surface area contributed by atoms with Crippen LogP contribution in [0.1, 0.15) is 89.0 Å². The first kappa shape index (κ1) is 25.7. The fourth-order valence-electron chi connectivity index (χ4n) is 4.44. The highest BCUT2D eigenvalue weighted by atomic mass is 16.5. The predicted octanol–water partition coefficient (Wildman–Crippen LogP) is 5.57. The smallest absolute Gasteiger partial charge is 0.407 e. The van der Waals surface area contributed by atoms with Crippen LogP contribution in [0.5, 0.6) is 0 Å². The summed E-state index contributed by atoms with van der Waals surface area (Å²) in [6, 6.07) is 7.55. The molecule has 3 rings (SSSR count). The molecule has 2 heterocycles. The lowest BCUT2D eigenvalue weighted by Gasteiger charge is -2.32. The number of amides is 2. The number of nitrogens with one attached hydrogen (secondary N) is 1. The van der Waals surface area contributed by atoms with Crippen LogP contribution < -0.4 is 5.32 Å². The summed E-state index contributed by atoms with van der Waals surface area (Å²) in [5.74, 6) is 0.448. The van der Waals surface area contributed by atoms with Crippen molar-refractivity contribution in [2.75, 3.05) is 6.54 Å². The fourth-order valence-corrected chi connectivity index (χ4v) is 4.44. The van der Waals surface area contributed by atoms with Crippen molar-refractivity contribution in [1.82, 2.24) is 20.4 Å². The molecule has 1 saturated heterocycles. The number of hydrogen-bond acceptors (Lipinski definition) is 5. The van der Waals surface area contributed by atoms with Gasteiger partial charge in [0, 0.05) is 12.1 Å². The molecule has 0 aliphatic carbocycles. The van der Waals surface area contributed by atoms with Crippen molar-refractivity contribution in [1.29, 1.82) is 0 Å². The van der Waals surface area contributed by atoms with Crippen molar-refractivity contribution >= 4 is 12.0 Å². The minimum absolute atomic E-state index is 0.0757. The van der Waals surface area contributed by atoms with Gasteiger partial charge in [-0.15, -0.1) is 0 Å². The van der Waals surface area contributed by atoms with Crippen LogP contribution >= 0.6 is 0 Å². The van der Waals surface area contributed by atoms with Crippen LogP contribution in [-0.4, -0.2) is 44.7 Å². The first-order chi connectivity index (χ1) is 16.6. The third-order valence-corrected chi connectivity index (χ3v) is 6.46. The highest BCUT2D eigenvalue weighted by molar-refractivity contribution is 5.85. The van der Waals surface area contributed by atoms with Crippen molar-refractivity contribution in [3.63, 3.8) is 0 Å². The number of nitrogens with zero attached hydrogens (tertiary/aromatic N) is 3. The van der Waals surface area contributed by atoms with Crippen molar-refractivity contribution in [2.45, 2.75) is 96.6 Å². The van der Waals surface area contributed by atoms with Gasteiger partial charge in [0.2, 0.25) is 17.6 Å². The van der Waals surface area contributed by atoms with Crippen LogP contribution in [-0.2, 0) is 17.8 Å². The summed E-state index contributed by atoms with van der Waals surface area (Å²) in [5, 5.41) is 16.1. The number of carboxylic acid groups (broad SMARTS) is 1. The van der Waals surface area contributed by atoms with Crippen molar-refractivity contribution in [2.24, 2.45) is 0 Å².